The fourth-order valence-corrected chi connectivity index (χ4v) is 2.35. The van der Waals surface area contributed by atoms with Crippen molar-refractivity contribution in [2.45, 2.75) is 39.5 Å². The van der Waals surface area contributed by atoms with Crippen molar-refractivity contribution in [1.82, 2.24) is 15.6 Å². The monoisotopic (exact) mass is 484 g/mol. The molecule has 1 atom stereocenters. The molecule has 2 aromatic rings. The Hall–Kier alpha value is -1.87. The first-order valence-corrected chi connectivity index (χ1v) is 8.95. The van der Waals surface area contributed by atoms with Crippen LogP contribution in [0.3, 0.4) is 0 Å². The predicted octanol–water partition coefficient (Wildman–Crippen LogP) is 3.28. The van der Waals surface area contributed by atoms with Crippen molar-refractivity contribution in [2.24, 2.45) is 4.99 Å². The zero-order valence-corrected chi connectivity index (χ0v) is 18.4. The van der Waals surface area contributed by atoms with Crippen LogP contribution in [0.2, 0.25) is 0 Å². The Bertz CT molecular complexity index is 678. The maximum atomic E-state index is 10.4. The molecule has 1 aromatic heterocycles. The lowest BCUT2D eigenvalue weighted by molar-refractivity contribution is 0.180. The highest BCUT2D eigenvalue weighted by Gasteiger charge is 2.09. The molecule has 0 aliphatic rings. The number of hydrogen-bond acceptors (Lipinski definition) is 4. The highest BCUT2D eigenvalue weighted by molar-refractivity contribution is 14.0. The molecule has 0 spiro atoms. The summed E-state index contributed by atoms with van der Waals surface area (Å²) in [5.41, 5.74) is 1.72. The zero-order chi connectivity index (χ0) is 18.8. The second kappa shape index (κ2) is 12.5. The van der Waals surface area contributed by atoms with Crippen LogP contribution < -0.4 is 15.4 Å². The highest BCUT2D eigenvalue weighted by atomic mass is 127. The lowest BCUT2D eigenvalue weighted by Crippen LogP contribution is -2.39. The largest absolute Gasteiger partial charge is 0.491 e. The maximum Gasteiger partial charge on any atom is 0.191 e. The van der Waals surface area contributed by atoms with Gasteiger partial charge in [0.2, 0.25) is 0 Å². The maximum absolute atomic E-state index is 10.4. The van der Waals surface area contributed by atoms with Crippen LogP contribution in [-0.2, 0) is 6.54 Å². The van der Waals surface area contributed by atoms with Gasteiger partial charge >= 0.3 is 0 Å². The van der Waals surface area contributed by atoms with E-state index in [2.05, 4.69) is 20.6 Å². The van der Waals surface area contributed by atoms with E-state index in [1.807, 2.05) is 63.2 Å². The molecule has 6 nitrogen and oxygen atoms in total. The first kappa shape index (κ1) is 23.2. The average molecular weight is 484 g/mol. The van der Waals surface area contributed by atoms with Gasteiger partial charge in [-0.3, -0.25) is 4.98 Å². The van der Waals surface area contributed by atoms with Gasteiger partial charge in [-0.15, -0.1) is 24.0 Å². The van der Waals surface area contributed by atoms with Crippen molar-refractivity contribution < 1.29 is 9.84 Å². The molecular formula is C20H29IN4O2. The number of aromatic nitrogens is 1. The minimum atomic E-state index is -0.637. The zero-order valence-electron chi connectivity index (χ0n) is 16.1. The molecule has 1 unspecified atom stereocenters. The quantitative estimate of drug-likeness (QED) is 0.305. The summed E-state index contributed by atoms with van der Waals surface area (Å²) >= 11 is 0. The molecule has 1 aromatic carbocycles. The third kappa shape index (κ3) is 8.57. The Morgan fingerprint density at radius 1 is 1.15 bits per heavy atom. The van der Waals surface area contributed by atoms with Crippen molar-refractivity contribution in [2.75, 3.05) is 13.1 Å². The second-order valence-corrected chi connectivity index (χ2v) is 6.15. The Morgan fingerprint density at radius 3 is 2.48 bits per heavy atom. The number of aliphatic imine (C=N–C) groups is 1. The molecule has 0 radical (unpaired) electrons. The Balaban J connectivity index is 0.00000364. The summed E-state index contributed by atoms with van der Waals surface area (Å²) in [5.74, 6) is 1.45. The Labute approximate surface area is 178 Å². The third-order valence-corrected chi connectivity index (χ3v) is 3.57. The normalized spacial score (nSPS) is 12.3. The summed E-state index contributed by atoms with van der Waals surface area (Å²) in [4.78, 5) is 8.76. The number of aliphatic hydroxyl groups is 1. The number of halogens is 1. The van der Waals surface area contributed by atoms with Gasteiger partial charge in [-0.05, 0) is 50.6 Å². The number of benzene rings is 1. The summed E-state index contributed by atoms with van der Waals surface area (Å²) in [5, 5.41) is 16.7. The van der Waals surface area contributed by atoms with E-state index in [9.17, 15) is 5.11 Å². The number of guanidine groups is 1. The van der Waals surface area contributed by atoms with Gasteiger partial charge in [0, 0.05) is 19.3 Å². The van der Waals surface area contributed by atoms with Crippen molar-refractivity contribution in [3.8, 4) is 5.75 Å². The first-order valence-electron chi connectivity index (χ1n) is 8.95. The number of ether oxygens (including phenoxy) is 1. The van der Waals surface area contributed by atoms with Crippen LogP contribution in [0.15, 0.2) is 53.7 Å². The van der Waals surface area contributed by atoms with Crippen molar-refractivity contribution in [3.63, 3.8) is 0 Å². The van der Waals surface area contributed by atoms with Gasteiger partial charge in [0.1, 0.15) is 5.75 Å². The third-order valence-electron chi connectivity index (χ3n) is 3.57. The van der Waals surface area contributed by atoms with Gasteiger partial charge in [-0.1, -0.05) is 18.2 Å². The lowest BCUT2D eigenvalue weighted by Gasteiger charge is -2.16. The summed E-state index contributed by atoms with van der Waals surface area (Å²) < 4.78 is 5.62. The molecule has 148 valence electrons. The van der Waals surface area contributed by atoms with Crippen LogP contribution >= 0.6 is 24.0 Å². The van der Waals surface area contributed by atoms with Gasteiger partial charge in [0.05, 0.1) is 24.4 Å². The molecule has 2 rings (SSSR count). The fourth-order valence-electron chi connectivity index (χ4n) is 2.35. The van der Waals surface area contributed by atoms with Crippen LogP contribution in [0.25, 0.3) is 0 Å². The molecule has 0 saturated heterocycles. The van der Waals surface area contributed by atoms with Crippen LogP contribution in [0, 0.1) is 0 Å². The van der Waals surface area contributed by atoms with Gasteiger partial charge < -0.3 is 20.5 Å². The Kier molecular flexibility index (Phi) is 10.7. The standard InChI is InChI=1S/C20H28N4O2.HI/c1-4-21-20(23-13-17-7-5-6-12-22-17)24-14-19(25)16-8-10-18(11-9-16)26-15(2)3;/h5-12,15,19,25H,4,13-14H2,1-3H3,(H2,21,23,24);1H. The van der Waals surface area contributed by atoms with Crippen LogP contribution in [0.5, 0.6) is 5.75 Å². The SMILES string of the molecule is CCNC(=NCc1ccccn1)NCC(O)c1ccc(OC(C)C)cc1.I. The van der Waals surface area contributed by atoms with Crippen molar-refractivity contribution >= 4 is 29.9 Å². The highest BCUT2D eigenvalue weighted by Crippen LogP contribution is 2.18. The minimum absolute atomic E-state index is 0. The number of hydrogen-bond donors (Lipinski definition) is 3. The molecule has 0 fully saturated rings. The summed E-state index contributed by atoms with van der Waals surface area (Å²) in [7, 11) is 0. The van der Waals surface area contributed by atoms with E-state index in [0.29, 0.717) is 19.0 Å². The molecule has 0 bridgehead atoms. The molecule has 27 heavy (non-hydrogen) atoms. The van der Waals surface area contributed by atoms with E-state index in [4.69, 9.17) is 4.74 Å². The van der Waals surface area contributed by atoms with Crippen LogP contribution in [0.1, 0.15) is 38.1 Å². The van der Waals surface area contributed by atoms with Crippen LogP contribution in [0.4, 0.5) is 0 Å². The second-order valence-electron chi connectivity index (χ2n) is 6.15. The number of nitrogens with one attached hydrogen (secondary N) is 2. The summed E-state index contributed by atoms with van der Waals surface area (Å²) in [6.07, 6.45) is 1.24. The van der Waals surface area contributed by atoms with Crippen molar-refractivity contribution in [3.05, 3.63) is 59.9 Å². The number of rotatable bonds is 8. The van der Waals surface area contributed by atoms with Gasteiger partial charge in [-0.2, -0.15) is 0 Å². The number of aliphatic hydroxyl groups excluding tert-OH is 1. The molecular weight excluding hydrogens is 455 g/mol. The minimum Gasteiger partial charge on any atom is -0.491 e. The van der Waals surface area contributed by atoms with E-state index in [-0.39, 0.29) is 30.1 Å². The molecule has 7 heteroatoms. The molecule has 3 N–H and O–H groups in total. The molecule has 0 amide bonds. The summed E-state index contributed by atoms with van der Waals surface area (Å²) in [6, 6.07) is 13.3. The fraction of sp³-hybridized carbons (Fsp3) is 0.400. The smallest absolute Gasteiger partial charge is 0.191 e. The topological polar surface area (TPSA) is 78.8 Å². The molecule has 0 aliphatic heterocycles. The van der Waals surface area contributed by atoms with Crippen LogP contribution in [-0.4, -0.2) is 35.2 Å². The van der Waals surface area contributed by atoms with E-state index >= 15 is 0 Å². The number of nitrogens with zero attached hydrogens (tertiary/aromatic N) is 2. The van der Waals surface area contributed by atoms with Gasteiger partial charge in [-0.25, -0.2) is 4.99 Å². The molecule has 1 heterocycles. The first-order chi connectivity index (χ1) is 12.6. The summed E-state index contributed by atoms with van der Waals surface area (Å²) in [6.45, 7) is 7.55. The van der Waals surface area contributed by atoms with Gasteiger partial charge in [0.25, 0.3) is 0 Å². The van der Waals surface area contributed by atoms with E-state index < -0.39 is 6.10 Å². The Morgan fingerprint density at radius 2 is 1.89 bits per heavy atom. The average Bonchev–Trinajstić information content (AvgIpc) is 2.64. The van der Waals surface area contributed by atoms with E-state index in [0.717, 1.165) is 23.6 Å². The van der Waals surface area contributed by atoms with E-state index in [1.165, 1.54) is 0 Å². The predicted molar refractivity (Wildman–Crippen MR) is 120 cm³/mol. The molecule has 0 saturated carbocycles. The molecule has 0 aliphatic carbocycles. The van der Waals surface area contributed by atoms with Gasteiger partial charge in [0.15, 0.2) is 5.96 Å². The van der Waals surface area contributed by atoms with E-state index in [1.54, 1.807) is 6.20 Å². The lowest BCUT2D eigenvalue weighted by atomic mass is 10.1. The number of pyridine rings is 1. The van der Waals surface area contributed by atoms with Crippen molar-refractivity contribution in [1.29, 1.82) is 0 Å².